The minimum Gasteiger partial charge on any atom is -0.496 e. The van der Waals surface area contributed by atoms with Crippen molar-refractivity contribution < 1.29 is 14.3 Å². The molecular weight excluding hydrogens is 346 g/mol. The van der Waals surface area contributed by atoms with Gasteiger partial charge in [0.05, 0.1) is 33.1 Å². The van der Waals surface area contributed by atoms with Crippen LogP contribution in [0.4, 0.5) is 10.6 Å². The normalized spacial score (nSPS) is 15.9. The van der Waals surface area contributed by atoms with Gasteiger partial charge in [-0.3, -0.25) is 10.2 Å². The van der Waals surface area contributed by atoms with Crippen molar-refractivity contribution in [1.29, 1.82) is 0 Å². The van der Waals surface area contributed by atoms with Crippen molar-refractivity contribution in [3.05, 3.63) is 42.1 Å². The van der Waals surface area contributed by atoms with Gasteiger partial charge in [0.2, 0.25) is 0 Å². The number of methoxy groups -OCH3 is 1. The molecule has 0 bridgehead atoms. The number of para-hydroxylation sites is 1. The molecule has 1 saturated heterocycles. The number of benzene rings is 1. The lowest BCUT2D eigenvalue weighted by molar-refractivity contribution is 0.0209. The molecule has 1 fully saturated rings. The van der Waals surface area contributed by atoms with Gasteiger partial charge in [0.25, 0.3) is 0 Å². The Labute approximate surface area is 159 Å². The number of nitrogens with one attached hydrogen (secondary N) is 2. The Morgan fingerprint density at radius 1 is 1.30 bits per heavy atom. The van der Waals surface area contributed by atoms with E-state index < -0.39 is 0 Å². The van der Waals surface area contributed by atoms with Crippen LogP contribution >= 0.6 is 0 Å². The molecule has 2 heterocycles. The fraction of sp³-hybridized carbons (Fsp3) is 0.474. The van der Waals surface area contributed by atoms with Gasteiger partial charge >= 0.3 is 6.03 Å². The molecule has 0 saturated carbocycles. The molecule has 1 aliphatic rings. The number of anilines is 1. The summed E-state index contributed by atoms with van der Waals surface area (Å²) in [6, 6.07) is 9.57. The number of hydrogen-bond acceptors (Lipinski definition) is 5. The van der Waals surface area contributed by atoms with Crippen LogP contribution in [0.1, 0.15) is 12.5 Å². The Hall–Kier alpha value is -2.58. The fourth-order valence-corrected chi connectivity index (χ4v) is 3.11. The van der Waals surface area contributed by atoms with Gasteiger partial charge in [-0.15, -0.1) is 0 Å². The topological polar surface area (TPSA) is 80.6 Å². The zero-order valence-corrected chi connectivity index (χ0v) is 15.9. The summed E-state index contributed by atoms with van der Waals surface area (Å²) < 4.78 is 12.5. The Kier molecular flexibility index (Phi) is 6.67. The summed E-state index contributed by atoms with van der Waals surface area (Å²) in [5.74, 6) is 1.43. The number of ether oxygens (including phenoxy) is 2. The number of carbonyl (C=O) groups excluding carboxylic acids is 1. The highest BCUT2D eigenvalue weighted by Gasteiger charge is 2.18. The van der Waals surface area contributed by atoms with E-state index in [0.717, 1.165) is 37.6 Å². The van der Waals surface area contributed by atoms with Gasteiger partial charge < -0.3 is 14.8 Å². The summed E-state index contributed by atoms with van der Waals surface area (Å²) in [5, 5.41) is 10.1. The Morgan fingerprint density at radius 3 is 2.85 bits per heavy atom. The van der Waals surface area contributed by atoms with E-state index in [1.807, 2.05) is 24.3 Å². The van der Waals surface area contributed by atoms with E-state index in [1.54, 1.807) is 24.1 Å². The lowest BCUT2D eigenvalue weighted by Gasteiger charge is -2.32. The zero-order valence-electron chi connectivity index (χ0n) is 15.9. The van der Waals surface area contributed by atoms with Gasteiger partial charge in [-0.1, -0.05) is 18.2 Å². The summed E-state index contributed by atoms with van der Waals surface area (Å²) in [7, 11) is 1.64. The summed E-state index contributed by atoms with van der Waals surface area (Å²) in [4.78, 5) is 14.6. The number of rotatable bonds is 7. The Morgan fingerprint density at radius 2 is 2.07 bits per heavy atom. The van der Waals surface area contributed by atoms with Crippen molar-refractivity contribution >= 4 is 11.8 Å². The lowest BCUT2D eigenvalue weighted by atomic mass is 10.2. The van der Waals surface area contributed by atoms with Gasteiger partial charge in [-0.05, 0) is 13.0 Å². The van der Waals surface area contributed by atoms with Crippen LogP contribution in [0.15, 0.2) is 36.5 Å². The van der Waals surface area contributed by atoms with Crippen LogP contribution in [-0.2, 0) is 11.3 Å². The van der Waals surface area contributed by atoms with E-state index in [9.17, 15) is 4.79 Å². The molecule has 2 N–H and O–H groups in total. The Balaban J connectivity index is 1.53. The van der Waals surface area contributed by atoms with E-state index in [2.05, 4.69) is 27.6 Å². The maximum atomic E-state index is 12.3. The maximum absolute atomic E-state index is 12.3. The first-order valence-electron chi connectivity index (χ1n) is 9.17. The van der Waals surface area contributed by atoms with Gasteiger partial charge in [0, 0.05) is 37.3 Å². The molecule has 146 valence electrons. The monoisotopic (exact) mass is 373 g/mol. The number of carbonyl (C=O) groups is 1. The Bertz CT molecular complexity index is 742. The highest BCUT2D eigenvalue weighted by atomic mass is 16.5. The number of nitrogens with zero attached hydrogens (tertiary/aromatic N) is 3. The van der Waals surface area contributed by atoms with Crippen molar-refractivity contribution in [1.82, 2.24) is 20.0 Å². The standard InChI is InChI=1S/C19H27N5O3/c1-15(23-9-11-27-12-10-23)13-20-19(25)22-18-7-8-21-24(18)14-16-5-3-4-6-17(16)26-2/h3-8,15H,9-14H2,1-2H3,(H2,20,22,25)/t15-/m0/s1. The molecule has 3 rings (SSSR count). The molecule has 0 aliphatic carbocycles. The SMILES string of the molecule is COc1ccccc1Cn1nccc1NC(=O)NC[C@H](C)N1CCOCC1. The van der Waals surface area contributed by atoms with Crippen LogP contribution in [0.5, 0.6) is 5.75 Å². The second-order valence-corrected chi connectivity index (χ2v) is 6.52. The van der Waals surface area contributed by atoms with Gasteiger partial charge in [-0.25, -0.2) is 9.48 Å². The minimum absolute atomic E-state index is 0.239. The minimum atomic E-state index is -0.239. The molecular formula is C19H27N5O3. The largest absolute Gasteiger partial charge is 0.496 e. The molecule has 8 nitrogen and oxygen atoms in total. The molecule has 1 aromatic carbocycles. The zero-order chi connectivity index (χ0) is 19.1. The third kappa shape index (κ3) is 5.21. The van der Waals surface area contributed by atoms with Crippen LogP contribution in [0.3, 0.4) is 0 Å². The van der Waals surface area contributed by atoms with Crippen molar-refractivity contribution in [3.8, 4) is 5.75 Å². The van der Waals surface area contributed by atoms with Crippen LogP contribution in [-0.4, -0.2) is 66.7 Å². The quantitative estimate of drug-likeness (QED) is 0.773. The van der Waals surface area contributed by atoms with Crippen LogP contribution in [0, 0.1) is 0 Å². The first-order valence-corrected chi connectivity index (χ1v) is 9.17. The predicted molar refractivity (Wildman–Crippen MR) is 103 cm³/mol. The van der Waals surface area contributed by atoms with E-state index in [1.165, 1.54) is 0 Å². The number of hydrogen-bond donors (Lipinski definition) is 2. The fourth-order valence-electron chi connectivity index (χ4n) is 3.11. The first-order chi connectivity index (χ1) is 13.2. The van der Waals surface area contributed by atoms with Gasteiger partial charge in [0.15, 0.2) is 0 Å². The van der Waals surface area contributed by atoms with E-state index in [-0.39, 0.29) is 12.1 Å². The van der Waals surface area contributed by atoms with E-state index >= 15 is 0 Å². The van der Waals surface area contributed by atoms with Gasteiger partial charge in [-0.2, -0.15) is 5.10 Å². The van der Waals surface area contributed by atoms with E-state index in [0.29, 0.717) is 18.9 Å². The van der Waals surface area contributed by atoms with Gasteiger partial charge in [0.1, 0.15) is 11.6 Å². The summed E-state index contributed by atoms with van der Waals surface area (Å²) >= 11 is 0. The lowest BCUT2D eigenvalue weighted by Crippen LogP contribution is -2.47. The summed E-state index contributed by atoms with van der Waals surface area (Å²) in [6.07, 6.45) is 1.67. The van der Waals surface area contributed by atoms with Crippen molar-refractivity contribution in [2.24, 2.45) is 0 Å². The average molecular weight is 373 g/mol. The van der Waals surface area contributed by atoms with Crippen molar-refractivity contribution in [3.63, 3.8) is 0 Å². The number of aromatic nitrogens is 2. The summed E-state index contributed by atoms with van der Waals surface area (Å²) in [6.45, 7) is 6.49. The molecule has 8 heteroatoms. The number of amides is 2. The number of morpholine rings is 1. The molecule has 0 unspecified atom stereocenters. The van der Waals surface area contributed by atoms with E-state index in [4.69, 9.17) is 9.47 Å². The second-order valence-electron chi connectivity index (χ2n) is 6.52. The molecule has 1 aromatic heterocycles. The van der Waals surface area contributed by atoms with Crippen LogP contribution < -0.4 is 15.4 Å². The van der Waals surface area contributed by atoms with Crippen LogP contribution in [0.25, 0.3) is 0 Å². The highest BCUT2D eigenvalue weighted by Crippen LogP contribution is 2.20. The van der Waals surface area contributed by atoms with Crippen molar-refractivity contribution in [2.45, 2.75) is 19.5 Å². The molecule has 2 amide bonds. The third-order valence-corrected chi connectivity index (χ3v) is 4.70. The first kappa shape index (κ1) is 19.2. The number of urea groups is 1. The molecule has 0 spiro atoms. The van der Waals surface area contributed by atoms with Crippen molar-refractivity contribution in [2.75, 3.05) is 45.3 Å². The second kappa shape index (κ2) is 9.38. The molecule has 1 atom stereocenters. The third-order valence-electron chi connectivity index (χ3n) is 4.70. The molecule has 1 aliphatic heterocycles. The summed E-state index contributed by atoms with van der Waals surface area (Å²) in [5.41, 5.74) is 0.994. The maximum Gasteiger partial charge on any atom is 0.320 e. The average Bonchev–Trinajstić information content (AvgIpc) is 3.13. The van der Waals surface area contributed by atoms with Crippen LogP contribution in [0.2, 0.25) is 0 Å². The highest BCUT2D eigenvalue weighted by molar-refractivity contribution is 5.88. The smallest absolute Gasteiger partial charge is 0.320 e. The molecule has 27 heavy (non-hydrogen) atoms. The molecule has 0 radical (unpaired) electrons. The molecule has 2 aromatic rings. The predicted octanol–water partition coefficient (Wildman–Crippen LogP) is 1.78.